The average molecular weight is 209 g/mol. The van der Waals surface area contributed by atoms with Crippen LogP contribution in [0.2, 0.25) is 0 Å². The van der Waals surface area contributed by atoms with Gasteiger partial charge in [0.05, 0.1) is 6.20 Å². The minimum absolute atomic E-state index is 0.252. The highest BCUT2D eigenvalue weighted by Gasteiger charge is 2.18. The lowest BCUT2D eigenvalue weighted by Crippen LogP contribution is -2.40. The van der Waals surface area contributed by atoms with Crippen LogP contribution in [0.1, 0.15) is 44.9 Å². The average Bonchev–Trinajstić information content (AvgIpc) is 2.57. The minimum Gasteiger partial charge on any atom is -0.307 e. The van der Waals surface area contributed by atoms with Crippen molar-refractivity contribution in [3.05, 3.63) is 17.5 Å². The van der Waals surface area contributed by atoms with E-state index in [1.54, 1.807) is 0 Å². The first kappa shape index (κ1) is 12.2. The summed E-state index contributed by atoms with van der Waals surface area (Å²) in [5, 5.41) is 7.86. The molecule has 0 fully saturated rings. The number of rotatable bonds is 5. The maximum atomic E-state index is 4.25. The molecule has 1 rings (SSSR count). The normalized spacial score (nSPS) is 12.1. The van der Waals surface area contributed by atoms with E-state index < -0.39 is 0 Å². The fraction of sp³-hybridized carbons (Fsp3) is 0.750. The molecule has 0 spiro atoms. The maximum Gasteiger partial charge on any atom is 0.0537 e. The molecule has 86 valence electrons. The fourth-order valence-corrected chi connectivity index (χ4v) is 1.53. The van der Waals surface area contributed by atoms with Gasteiger partial charge in [0.1, 0.15) is 0 Å². The smallest absolute Gasteiger partial charge is 0.0537 e. The Kier molecular flexibility index (Phi) is 3.91. The van der Waals surface area contributed by atoms with Gasteiger partial charge in [-0.2, -0.15) is 5.10 Å². The monoisotopic (exact) mass is 209 g/mol. The van der Waals surface area contributed by atoms with Crippen LogP contribution in [0, 0.1) is 6.92 Å². The molecule has 0 aliphatic carbocycles. The number of nitrogens with one attached hydrogen (secondary N) is 1. The molecule has 15 heavy (non-hydrogen) atoms. The lowest BCUT2D eigenvalue weighted by molar-refractivity contribution is 0.329. The van der Waals surface area contributed by atoms with E-state index >= 15 is 0 Å². The highest BCUT2D eigenvalue weighted by Crippen LogP contribution is 2.15. The zero-order chi connectivity index (χ0) is 11.5. The Morgan fingerprint density at radius 2 is 2.00 bits per heavy atom. The summed E-state index contributed by atoms with van der Waals surface area (Å²) in [5.74, 6) is 0. The molecule has 1 N–H and O–H groups in total. The molecule has 0 saturated carbocycles. The van der Waals surface area contributed by atoms with Crippen LogP contribution in [0.15, 0.2) is 6.20 Å². The summed E-state index contributed by atoms with van der Waals surface area (Å²) in [6, 6.07) is 0. The van der Waals surface area contributed by atoms with Crippen molar-refractivity contribution in [3.8, 4) is 0 Å². The number of hydrogen-bond donors (Lipinski definition) is 1. The van der Waals surface area contributed by atoms with Crippen LogP contribution in [0.25, 0.3) is 0 Å². The van der Waals surface area contributed by atoms with Crippen molar-refractivity contribution >= 4 is 0 Å². The fourth-order valence-electron chi connectivity index (χ4n) is 1.53. The standard InChI is InChI=1S/C12H23N3/c1-6-12(4,7-2)13-8-11-9-14-15(5)10(11)3/h9,13H,6-8H2,1-5H3. The molecular weight excluding hydrogens is 186 g/mol. The SMILES string of the molecule is CCC(C)(CC)NCc1cnn(C)c1C. The molecule has 1 aromatic rings. The maximum absolute atomic E-state index is 4.25. The molecule has 3 nitrogen and oxygen atoms in total. The second-order valence-electron chi connectivity index (χ2n) is 4.50. The molecule has 0 aromatic carbocycles. The van der Waals surface area contributed by atoms with E-state index in [4.69, 9.17) is 0 Å². The summed E-state index contributed by atoms with van der Waals surface area (Å²) < 4.78 is 1.92. The van der Waals surface area contributed by atoms with Gasteiger partial charge in [0.15, 0.2) is 0 Å². The Morgan fingerprint density at radius 3 is 2.40 bits per heavy atom. The highest BCUT2D eigenvalue weighted by molar-refractivity contribution is 5.15. The van der Waals surface area contributed by atoms with Gasteiger partial charge in [0, 0.05) is 30.4 Å². The third-order valence-corrected chi connectivity index (χ3v) is 3.60. The quantitative estimate of drug-likeness (QED) is 0.807. The van der Waals surface area contributed by atoms with E-state index in [-0.39, 0.29) is 5.54 Å². The van der Waals surface area contributed by atoms with E-state index in [0.29, 0.717) is 0 Å². The van der Waals surface area contributed by atoms with Crippen LogP contribution in [0.5, 0.6) is 0 Å². The molecule has 0 amide bonds. The molecule has 0 unspecified atom stereocenters. The third kappa shape index (κ3) is 2.81. The first-order valence-corrected chi connectivity index (χ1v) is 5.75. The van der Waals surface area contributed by atoms with Crippen molar-refractivity contribution in [2.24, 2.45) is 7.05 Å². The largest absolute Gasteiger partial charge is 0.307 e. The molecule has 1 heterocycles. The number of aromatic nitrogens is 2. The first-order chi connectivity index (χ1) is 7.02. The first-order valence-electron chi connectivity index (χ1n) is 5.75. The topological polar surface area (TPSA) is 29.9 Å². The van der Waals surface area contributed by atoms with Gasteiger partial charge in [-0.25, -0.2) is 0 Å². The van der Waals surface area contributed by atoms with Crippen molar-refractivity contribution in [3.63, 3.8) is 0 Å². The van der Waals surface area contributed by atoms with Crippen molar-refractivity contribution in [2.75, 3.05) is 0 Å². The van der Waals surface area contributed by atoms with E-state index in [2.05, 4.69) is 38.1 Å². The molecule has 0 aliphatic rings. The molecule has 0 bridgehead atoms. The van der Waals surface area contributed by atoms with Gasteiger partial charge < -0.3 is 5.32 Å². The number of nitrogens with zero attached hydrogens (tertiary/aromatic N) is 2. The number of hydrogen-bond acceptors (Lipinski definition) is 2. The van der Waals surface area contributed by atoms with Gasteiger partial charge in [0.2, 0.25) is 0 Å². The van der Waals surface area contributed by atoms with Crippen LogP contribution in [0.3, 0.4) is 0 Å². The molecule has 0 radical (unpaired) electrons. The summed E-state index contributed by atoms with van der Waals surface area (Å²) in [7, 11) is 1.98. The molecule has 3 heteroatoms. The van der Waals surface area contributed by atoms with Gasteiger partial charge in [-0.15, -0.1) is 0 Å². The third-order valence-electron chi connectivity index (χ3n) is 3.60. The predicted molar refractivity (Wildman–Crippen MR) is 63.8 cm³/mol. The molecule has 0 aliphatic heterocycles. The molecular formula is C12H23N3. The zero-order valence-corrected chi connectivity index (χ0v) is 10.6. The van der Waals surface area contributed by atoms with Gasteiger partial charge >= 0.3 is 0 Å². The molecule has 0 saturated heterocycles. The van der Waals surface area contributed by atoms with Gasteiger partial charge in [-0.05, 0) is 26.7 Å². The van der Waals surface area contributed by atoms with Crippen molar-refractivity contribution in [1.29, 1.82) is 0 Å². The van der Waals surface area contributed by atoms with Crippen LogP contribution in [-0.4, -0.2) is 15.3 Å². The second-order valence-corrected chi connectivity index (χ2v) is 4.50. The summed E-state index contributed by atoms with van der Waals surface area (Å²) in [4.78, 5) is 0. The predicted octanol–water partition coefficient (Wildman–Crippen LogP) is 2.40. The zero-order valence-electron chi connectivity index (χ0n) is 10.6. The van der Waals surface area contributed by atoms with Crippen LogP contribution >= 0.6 is 0 Å². The Labute approximate surface area is 92.9 Å². The Bertz CT molecular complexity index is 311. The Hall–Kier alpha value is -0.830. The van der Waals surface area contributed by atoms with Crippen molar-refractivity contribution in [1.82, 2.24) is 15.1 Å². The molecule has 0 atom stereocenters. The summed E-state index contributed by atoms with van der Waals surface area (Å²) in [6.45, 7) is 9.76. The van der Waals surface area contributed by atoms with Gasteiger partial charge in [-0.1, -0.05) is 13.8 Å². The summed E-state index contributed by atoms with van der Waals surface area (Å²) in [6.07, 6.45) is 4.26. The Morgan fingerprint density at radius 1 is 1.40 bits per heavy atom. The molecule has 1 aromatic heterocycles. The van der Waals surface area contributed by atoms with Crippen molar-refractivity contribution in [2.45, 2.75) is 52.6 Å². The lowest BCUT2D eigenvalue weighted by atomic mass is 9.95. The van der Waals surface area contributed by atoms with Crippen LogP contribution in [-0.2, 0) is 13.6 Å². The summed E-state index contributed by atoms with van der Waals surface area (Å²) in [5.41, 5.74) is 2.80. The van der Waals surface area contributed by atoms with Crippen molar-refractivity contribution < 1.29 is 0 Å². The van der Waals surface area contributed by atoms with E-state index in [1.165, 1.54) is 11.3 Å². The van der Waals surface area contributed by atoms with Gasteiger partial charge in [-0.3, -0.25) is 4.68 Å². The number of aryl methyl sites for hydroxylation is 1. The van der Waals surface area contributed by atoms with Crippen LogP contribution < -0.4 is 5.32 Å². The Balaban J connectivity index is 2.60. The van der Waals surface area contributed by atoms with E-state index in [1.807, 2.05) is 17.9 Å². The second kappa shape index (κ2) is 4.79. The summed E-state index contributed by atoms with van der Waals surface area (Å²) >= 11 is 0. The van der Waals surface area contributed by atoms with E-state index in [9.17, 15) is 0 Å². The lowest BCUT2D eigenvalue weighted by Gasteiger charge is -2.28. The van der Waals surface area contributed by atoms with E-state index in [0.717, 1.165) is 19.4 Å². The minimum atomic E-state index is 0.252. The highest BCUT2D eigenvalue weighted by atomic mass is 15.3. The van der Waals surface area contributed by atoms with Gasteiger partial charge in [0.25, 0.3) is 0 Å². The van der Waals surface area contributed by atoms with Crippen LogP contribution in [0.4, 0.5) is 0 Å².